The van der Waals surface area contributed by atoms with Gasteiger partial charge in [-0.25, -0.2) is 0 Å². The van der Waals surface area contributed by atoms with E-state index < -0.39 is 6.61 Å². The number of anilines is 1. The minimum Gasteiger partial charge on any atom is -0.433 e. The summed E-state index contributed by atoms with van der Waals surface area (Å²) in [4.78, 5) is 15.0. The van der Waals surface area contributed by atoms with Crippen LogP contribution >= 0.6 is 11.8 Å². The first kappa shape index (κ1) is 24.2. The summed E-state index contributed by atoms with van der Waals surface area (Å²) < 4.78 is 31.8. The molecule has 4 rings (SSSR count). The van der Waals surface area contributed by atoms with Gasteiger partial charge in [-0.05, 0) is 43.6 Å². The van der Waals surface area contributed by atoms with Gasteiger partial charge >= 0.3 is 6.61 Å². The average Bonchev–Trinajstić information content (AvgIpc) is 3.21. The van der Waals surface area contributed by atoms with E-state index in [1.54, 1.807) is 12.1 Å². The van der Waals surface area contributed by atoms with E-state index in [0.717, 1.165) is 24.5 Å². The van der Waals surface area contributed by atoms with Gasteiger partial charge in [-0.15, -0.1) is 10.2 Å². The molecule has 0 saturated carbocycles. The number of likely N-dealkylation sites (tertiary alicyclic amines) is 1. The van der Waals surface area contributed by atoms with E-state index in [1.807, 2.05) is 30.3 Å². The molecule has 1 aromatic heterocycles. The smallest absolute Gasteiger partial charge is 0.387 e. The fourth-order valence-corrected chi connectivity index (χ4v) is 4.63. The number of rotatable bonds is 10. The molecule has 7 nitrogen and oxygen atoms in total. The zero-order valence-electron chi connectivity index (χ0n) is 18.7. The Morgan fingerprint density at radius 2 is 1.74 bits per heavy atom. The lowest BCUT2D eigenvalue weighted by atomic mass is 10.1. The van der Waals surface area contributed by atoms with Crippen molar-refractivity contribution in [1.29, 1.82) is 0 Å². The molecule has 0 bridgehead atoms. The van der Waals surface area contributed by atoms with Crippen molar-refractivity contribution in [2.45, 2.75) is 44.1 Å². The first-order valence-electron chi connectivity index (χ1n) is 11.2. The number of alkyl halides is 2. The quantitative estimate of drug-likeness (QED) is 0.420. The van der Waals surface area contributed by atoms with Gasteiger partial charge in [0.05, 0.1) is 24.5 Å². The van der Waals surface area contributed by atoms with Gasteiger partial charge in [0.15, 0.2) is 5.16 Å². The number of carbonyl (C=O) groups is 1. The number of benzene rings is 2. The molecule has 0 spiro atoms. The summed E-state index contributed by atoms with van der Waals surface area (Å²) in [6, 6.07) is 16.2. The van der Waals surface area contributed by atoms with Gasteiger partial charge in [-0.2, -0.15) is 8.78 Å². The number of piperidine rings is 1. The van der Waals surface area contributed by atoms with Crippen molar-refractivity contribution in [2.75, 3.05) is 24.2 Å². The summed E-state index contributed by atoms with van der Waals surface area (Å²) >= 11 is 1.27. The Morgan fingerprint density at radius 1 is 1.00 bits per heavy atom. The van der Waals surface area contributed by atoms with Crippen LogP contribution in [-0.2, 0) is 17.9 Å². The molecule has 0 atom stereocenters. The maximum Gasteiger partial charge on any atom is 0.387 e. The number of thioether (sulfide) groups is 1. The van der Waals surface area contributed by atoms with Crippen LogP contribution in [0, 0.1) is 0 Å². The van der Waals surface area contributed by atoms with Gasteiger partial charge in [-0.3, -0.25) is 9.69 Å². The maximum atomic E-state index is 12.6. The molecule has 1 saturated heterocycles. The Hall–Kier alpha value is -2.98. The second kappa shape index (κ2) is 11.9. The zero-order valence-corrected chi connectivity index (χ0v) is 19.5. The molecule has 2 heterocycles. The molecular formula is C24H27F2N5O2S. The van der Waals surface area contributed by atoms with Gasteiger partial charge in [0.1, 0.15) is 11.6 Å². The molecule has 1 N–H and O–H groups in total. The highest BCUT2D eigenvalue weighted by atomic mass is 32.2. The first-order valence-corrected chi connectivity index (χ1v) is 12.2. The van der Waals surface area contributed by atoms with E-state index in [-0.39, 0.29) is 23.1 Å². The summed E-state index contributed by atoms with van der Waals surface area (Å²) in [5.74, 6) is 0.498. The Balaban J connectivity index is 1.45. The second-order valence-electron chi connectivity index (χ2n) is 8.02. The second-order valence-corrected chi connectivity index (χ2v) is 8.96. The van der Waals surface area contributed by atoms with Crippen molar-refractivity contribution in [3.05, 3.63) is 66.0 Å². The minimum atomic E-state index is -2.97. The molecule has 2 aromatic carbocycles. The topological polar surface area (TPSA) is 72.3 Å². The average molecular weight is 488 g/mol. The Labute approximate surface area is 201 Å². The van der Waals surface area contributed by atoms with Gasteiger partial charge in [0.2, 0.25) is 5.91 Å². The number of aromatic nitrogens is 3. The van der Waals surface area contributed by atoms with Crippen molar-refractivity contribution < 1.29 is 18.3 Å². The van der Waals surface area contributed by atoms with Crippen LogP contribution in [0.2, 0.25) is 0 Å². The molecule has 180 valence electrons. The van der Waals surface area contributed by atoms with Crippen molar-refractivity contribution >= 4 is 23.4 Å². The van der Waals surface area contributed by atoms with Gasteiger partial charge in [-0.1, -0.05) is 60.6 Å². The van der Waals surface area contributed by atoms with Crippen LogP contribution in [0.3, 0.4) is 0 Å². The molecule has 1 aliphatic rings. The number of nitrogens with zero attached hydrogens (tertiary/aromatic N) is 4. The fraction of sp³-hybridized carbons (Fsp3) is 0.375. The van der Waals surface area contributed by atoms with E-state index in [1.165, 1.54) is 43.2 Å². The predicted octanol–water partition coefficient (Wildman–Crippen LogP) is 4.64. The maximum absolute atomic E-state index is 12.6. The van der Waals surface area contributed by atoms with Crippen LogP contribution in [0.25, 0.3) is 0 Å². The van der Waals surface area contributed by atoms with E-state index in [4.69, 9.17) is 0 Å². The molecule has 0 radical (unpaired) electrons. The van der Waals surface area contributed by atoms with Crippen molar-refractivity contribution in [3.8, 4) is 5.75 Å². The highest BCUT2D eigenvalue weighted by Crippen LogP contribution is 2.26. The number of halogens is 2. The third kappa shape index (κ3) is 6.77. The number of amides is 1. The van der Waals surface area contributed by atoms with Crippen LogP contribution < -0.4 is 10.1 Å². The monoisotopic (exact) mass is 487 g/mol. The summed E-state index contributed by atoms with van der Waals surface area (Å²) in [5.41, 5.74) is 1.32. The van der Waals surface area contributed by atoms with Crippen LogP contribution in [0.1, 0.15) is 30.7 Å². The summed E-state index contributed by atoms with van der Waals surface area (Å²) in [6.45, 7) is 0.436. The van der Waals surface area contributed by atoms with Gasteiger partial charge in [0, 0.05) is 0 Å². The number of hydrogen-bond acceptors (Lipinski definition) is 6. The highest BCUT2D eigenvalue weighted by Gasteiger charge is 2.19. The molecule has 1 fully saturated rings. The summed E-state index contributed by atoms with van der Waals surface area (Å²) in [5, 5.41) is 12.1. The third-order valence-corrected chi connectivity index (χ3v) is 6.47. The number of hydrogen-bond donors (Lipinski definition) is 1. The SMILES string of the molecule is O=C(CSc1nnc(CN2CCCCC2)n1Cc1ccccc1)Nc1ccccc1OC(F)F. The lowest BCUT2D eigenvalue weighted by molar-refractivity contribution is -0.113. The lowest BCUT2D eigenvalue weighted by Crippen LogP contribution is -2.30. The molecule has 1 amide bonds. The zero-order chi connectivity index (χ0) is 23.8. The largest absolute Gasteiger partial charge is 0.433 e. The lowest BCUT2D eigenvalue weighted by Gasteiger charge is -2.26. The molecule has 0 unspecified atom stereocenters. The van der Waals surface area contributed by atoms with E-state index in [0.29, 0.717) is 18.2 Å². The number of para-hydroxylation sites is 2. The Bertz CT molecular complexity index is 1070. The van der Waals surface area contributed by atoms with Crippen molar-refractivity contribution in [1.82, 2.24) is 19.7 Å². The number of nitrogens with one attached hydrogen (secondary N) is 1. The van der Waals surface area contributed by atoms with Gasteiger partial charge < -0.3 is 14.6 Å². The Morgan fingerprint density at radius 3 is 2.50 bits per heavy atom. The normalized spacial score (nSPS) is 14.3. The summed E-state index contributed by atoms with van der Waals surface area (Å²) in [7, 11) is 0. The van der Waals surface area contributed by atoms with Gasteiger partial charge in [0.25, 0.3) is 0 Å². The van der Waals surface area contributed by atoms with Crippen LogP contribution in [0.4, 0.5) is 14.5 Å². The first-order chi connectivity index (χ1) is 16.6. The molecule has 3 aromatic rings. The minimum absolute atomic E-state index is 0.0552. The van der Waals surface area contributed by atoms with Crippen LogP contribution in [0.15, 0.2) is 59.8 Å². The summed E-state index contributed by atoms with van der Waals surface area (Å²) in [6.07, 6.45) is 3.63. The number of ether oxygens (including phenoxy) is 1. The fourth-order valence-electron chi connectivity index (χ4n) is 3.87. The van der Waals surface area contributed by atoms with Crippen molar-refractivity contribution in [3.63, 3.8) is 0 Å². The standard InChI is InChI=1S/C24H27F2N5O2S/c25-23(26)33-20-12-6-5-11-19(20)27-22(32)17-34-24-29-28-21(16-30-13-7-2-8-14-30)31(24)15-18-9-3-1-4-10-18/h1,3-6,9-12,23H,2,7-8,13-17H2,(H,27,32). The molecule has 10 heteroatoms. The molecule has 1 aliphatic heterocycles. The Kier molecular flexibility index (Phi) is 8.48. The molecular weight excluding hydrogens is 460 g/mol. The third-order valence-electron chi connectivity index (χ3n) is 5.50. The number of carbonyl (C=O) groups excluding carboxylic acids is 1. The van der Waals surface area contributed by atoms with Crippen LogP contribution in [-0.4, -0.2) is 51.0 Å². The molecule has 0 aliphatic carbocycles. The van der Waals surface area contributed by atoms with E-state index in [9.17, 15) is 13.6 Å². The van der Waals surface area contributed by atoms with E-state index >= 15 is 0 Å². The van der Waals surface area contributed by atoms with E-state index in [2.05, 4.69) is 29.7 Å². The van der Waals surface area contributed by atoms with Crippen LogP contribution in [0.5, 0.6) is 5.75 Å². The van der Waals surface area contributed by atoms with Crippen molar-refractivity contribution in [2.24, 2.45) is 0 Å². The highest BCUT2D eigenvalue weighted by molar-refractivity contribution is 7.99. The molecule has 34 heavy (non-hydrogen) atoms. The predicted molar refractivity (Wildman–Crippen MR) is 127 cm³/mol.